The molecule has 0 bridgehead atoms. The van der Waals surface area contributed by atoms with Gasteiger partial charge in [0.25, 0.3) is 0 Å². The summed E-state index contributed by atoms with van der Waals surface area (Å²) in [6.45, 7) is 10.5. The van der Waals surface area contributed by atoms with Gasteiger partial charge in [0.15, 0.2) is 0 Å². The number of benzene rings is 1. The zero-order valence-electron chi connectivity index (χ0n) is 12.6. The van der Waals surface area contributed by atoms with Crippen molar-refractivity contribution in [2.24, 2.45) is 4.99 Å². The minimum atomic E-state index is 0.185. The minimum Gasteiger partial charge on any atom is -0.330 e. The lowest BCUT2D eigenvalue weighted by Crippen LogP contribution is -2.26. The number of aryl methyl sites for hydroxylation is 1. The molecule has 0 N–H and O–H groups in total. The maximum Gasteiger partial charge on any atom is 0.149 e. The molecule has 0 amide bonds. The van der Waals surface area contributed by atoms with Gasteiger partial charge in [-0.15, -0.1) is 0 Å². The van der Waals surface area contributed by atoms with E-state index in [4.69, 9.17) is 0 Å². The molecule has 21 heavy (non-hydrogen) atoms. The fraction of sp³-hybridized carbons (Fsp3) is 0.235. The molecule has 0 fully saturated rings. The summed E-state index contributed by atoms with van der Waals surface area (Å²) in [7, 11) is 0. The monoisotopic (exact) mass is 302 g/mol. The van der Waals surface area contributed by atoms with Gasteiger partial charge in [0, 0.05) is 17.8 Å². The number of nitrogens with zero attached hydrogens (tertiary/aromatic N) is 2. The zero-order valence-corrected chi connectivity index (χ0v) is 13.4. The molecule has 1 heterocycles. The maximum atomic E-state index is 13.2. The number of hydrogen-bond donors (Lipinski definition) is 0. The molecular weight excluding hydrogens is 283 g/mol. The summed E-state index contributed by atoms with van der Waals surface area (Å²) in [5.74, 6) is 0.623. The summed E-state index contributed by atoms with van der Waals surface area (Å²) in [6, 6.07) is 8.07. The van der Waals surface area contributed by atoms with E-state index in [1.54, 1.807) is 0 Å². The Morgan fingerprint density at radius 3 is 2.67 bits per heavy atom. The molecule has 0 saturated carbocycles. The van der Waals surface area contributed by atoms with Crippen molar-refractivity contribution >= 4 is 17.9 Å². The first kappa shape index (κ1) is 15.6. The highest BCUT2D eigenvalue weighted by Crippen LogP contribution is 2.30. The summed E-state index contributed by atoms with van der Waals surface area (Å²) >= 11 is 0.185. The van der Waals surface area contributed by atoms with Gasteiger partial charge in [-0.3, -0.25) is 0 Å². The van der Waals surface area contributed by atoms with E-state index in [0.717, 1.165) is 29.1 Å². The van der Waals surface area contributed by atoms with Crippen molar-refractivity contribution in [2.75, 3.05) is 6.54 Å². The minimum absolute atomic E-state index is 0.185. The van der Waals surface area contributed by atoms with Crippen LogP contribution in [0.2, 0.25) is 0 Å². The van der Waals surface area contributed by atoms with Gasteiger partial charge < -0.3 is 4.90 Å². The van der Waals surface area contributed by atoms with Gasteiger partial charge in [0.1, 0.15) is 5.82 Å². The van der Waals surface area contributed by atoms with E-state index in [1.165, 1.54) is 6.08 Å². The lowest BCUT2D eigenvalue weighted by molar-refractivity contribution is 0.442. The second-order valence-electron chi connectivity index (χ2n) is 4.81. The smallest absolute Gasteiger partial charge is 0.149 e. The molecule has 1 aliphatic rings. The Morgan fingerprint density at radius 2 is 2.10 bits per heavy atom. The Kier molecular flexibility index (Phi) is 5.02. The average molecular weight is 302 g/mol. The number of halogens is 1. The first-order chi connectivity index (χ1) is 10.1. The van der Waals surface area contributed by atoms with Crippen LogP contribution in [0.1, 0.15) is 25.0 Å². The lowest BCUT2D eigenvalue weighted by Gasteiger charge is -2.29. The average Bonchev–Trinajstić information content (AvgIpc) is 2.48. The molecule has 0 saturated heterocycles. The highest BCUT2D eigenvalue weighted by atomic mass is 32.2. The quantitative estimate of drug-likeness (QED) is 0.778. The van der Waals surface area contributed by atoms with Crippen LogP contribution in [0, 0.1) is 6.92 Å². The van der Waals surface area contributed by atoms with E-state index in [2.05, 4.69) is 24.6 Å². The van der Waals surface area contributed by atoms with Crippen molar-refractivity contribution in [3.05, 3.63) is 70.5 Å². The van der Waals surface area contributed by atoms with E-state index >= 15 is 0 Å². The second-order valence-corrected chi connectivity index (χ2v) is 5.41. The van der Waals surface area contributed by atoms with E-state index in [0.29, 0.717) is 10.7 Å². The number of allylic oxidation sites excluding steroid dienone is 3. The molecule has 2 rings (SSSR count). The molecule has 0 aromatic heterocycles. The SMILES string of the molecule is C=C/C(SF)=C1/N=C(c2ccccc2C)C=C(C)N1CC. The molecule has 1 aromatic carbocycles. The van der Waals surface area contributed by atoms with Crippen LogP contribution >= 0.6 is 12.1 Å². The number of aliphatic imine (C=N–C) groups is 1. The van der Waals surface area contributed by atoms with Crippen molar-refractivity contribution < 1.29 is 3.89 Å². The third kappa shape index (κ3) is 3.10. The summed E-state index contributed by atoms with van der Waals surface area (Å²) in [5, 5.41) is 0. The summed E-state index contributed by atoms with van der Waals surface area (Å²) in [6.07, 6.45) is 3.55. The van der Waals surface area contributed by atoms with Gasteiger partial charge >= 0.3 is 0 Å². The van der Waals surface area contributed by atoms with Crippen LogP contribution in [0.3, 0.4) is 0 Å². The number of hydrogen-bond acceptors (Lipinski definition) is 3. The van der Waals surface area contributed by atoms with Crippen LogP contribution in [0.5, 0.6) is 0 Å². The highest BCUT2D eigenvalue weighted by molar-refractivity contribution is 7.98. The topological polar surface area (TPSA) is 15.6 Å². The normalized spacial score (nSPS) is 17.2. The van der Waals surface area contributed by atoms with E-state index in [-0.39, 0.29) is 12.1 Å². The molecule has 2 nitrogen and oxygen atoms in total. The van der Waals surface area contributed by atoms with Crippen LogP contribution in [-0.4, -0.2) is 17.2 Å². The molecule has 0 unspecified atom stereocenters. The van der Waals surface area contributed by atoms with E-state index in [1.807, 2.05) is 43.0 Å². The molecule has 0 radical (unpaired) electrons. The summed E-state index contributed by atoms with van der Waals surface area (Å²) in [4.78, 5) is 7.10. The zero-order chi connectivity index (χ0) is 15.4. The molecule has 4 heteroatoms. The molecule has 0 aliphatic carbocycles. The van der Waals surface area contributed by atoms with Crippen molar-refractivity contribution in [3.63, 3.8) is 0 Å². The lowest BCUT2D eigenvalue weighted by atomic mass is 10.0. The van der Waals surface area contributed by atoms with Gasteiger partial charge in [-0.1, -0.05) is 30.8 Å². The largest absolute Gasteiger partial charge is 0.330 e. The van der Waals surface area contributed by atoms with Crippen LogP contribution in [0.15, 0.2) is 64.4 Å². The fourth-order valence-corrected chi connectivity index (χ4v) is 2.68. The molecular formula is C17H19FN2S. The Morgan fingerprint density at radius 1 is 1.38 bits per heavy atom. The Balaban J connectivity index is 2.61. The molecule has 0 atom stereocenters. The third-order valence-electron chi connectivity index (χ3n) is 3.48. The molecule has 0 spiro atoms. The van der Waals surface area contributed by atoms with Crippen molar-refractivity contribution in [3.8, 4) is 0 Å². The van der Waals surface area contributed by atoms with Crippen molar-refractivity contribution in [1.29, 1.82) is 0 Å². The molecule has 1 aliphatic heterocycles. The number of rotatable bonds is 4. The van der Waals surface area contributed by atoms with Gasteiger partial charge in [-0.25, -0.2) is 4.99 Å². The van der Waals surface area contributed by atoms with Crippen LogP contribution in [0.4, 0.5) is 3.89 Å². The molecule has 1 aromatic rings. The fourth-order valence-electron chi connectivity index (χ4n) is 2.39. The van der Waals surface area contributed by atoms with Gasteiger partial charge in [-0.2, -0.15) is 3.89 Å². The standard InChI is InChI=1S/C17H19FN2S/c1-5-16(21-18)17-19-15(11-13(4)20(17)6-2)14-10-8-7-9-12(14)3/h5,7-11H,1,6H2,2-4H3/b17-16+. The Hall–Kier alpha value is -1.81. The second kappa shape index (κ2) is 6.76. The summed E-state index contributed by atoms with van der Waals surface area (Å²) < 4.78 is 13.2. The maximum absolute atomic E-state index is 13.2. The van der Waals surface area contributed by atoms with E-state index in [9.17, 15) is 3.89 Å². The third-order valence-corrected chi connectivity index (χ3v) is 4.00. The Labute approximate surface area is 130 Å². The van der Waals surface area contributed by atoms with Crippen molar-refractivity contribution in [1.82, 2.24) is 4.90 Å². The van der Waals surface area contributed by atoms with Gasteiger partial charge in [0.2, 0.25) is 0 Å². The molecule has 110 valence electrons. The first-order valence-electron chi connectivity index (χ1n) is 6.88. The predicted octanol–water partition coefficient (Wildman–Crippen LogP) is 5.00. The van der Waals surface area contributed by atoms with Gasteiger partial charge in [0.05, 0.1) is 22.8 Å². The van der Waals surface area contributed by atoms with Crippen LogP contribution < -0.4 is 0 Å². The summed E-state index contributed by atoms with van der Waals surface area (Å²) in [5.41, 5.74) is 4.13. The van der Waals surface area contributed by atoms with E-state index < -0.39 is 0 Å². The van der Waals surface area contributed by atoms with Crippen molar-refractivity contribution in [2.45, 2.75) is 20.8 Å². The first-order valence-corrected chi connectivity index (χ1v) is 7.59. The van der Waals surface area contributed by atoms with Gasteiger partial charge in [-0.05, 0) is 38.5 Å². The predicted molar refractivity (Wildman–Crippen MR) is 89.8 cm³/mol. The Bertz CT molecular complexity index is 644. The van der Waals surface area contributed by atoms with Crippen LogP contribution in [0.25, 0.3) is 0 Å². The van der Waals surface area contributed by atoms with Crippen LogP contribution in [-0.2, 0) is 0 Å². The highest BCUT2D eigenvalue weighted by Gasteiger charge is 2.20.